The Balaban J connectivity index is 1.36. The van der Waals surface area contributed by atoms with E-state index < -0.39 is 12.6 Å². The van der Waals surface area contributed by atoms with E-state index in [-0.39, 0.29) is 28.7 Å². The lowest BCUT2D eigenvalue weighted by molar-refractivity contribution is -0.136. The van der Waals surface area contributed by atoms with Gasteiger partial charge in [0.2, 0.25) is 0 Å². The number of piperazine rings is 1. The lowest BCUT2D eigenvalue weighted by Gasteiger charge is -2.34. The minimum Gasteiger partial charge on any atom is -0.452 e. The molecule has 8 heteroatoms. The highest BCUT2D eigenvalue weighted by Crippen LogP contribution is 2.20. The van der Waals surface area contributed by atoms with Gasteiger partial charge in [0.05, 0.1) is 10.4 Å². The maximum Gasteiger partial charge on any atom is 0.339 e. The second kappa shape index (κ2) is 10.7. The van der Waals surface area contributed by atoms with Crippen LogP contribution in [0, 0.1) is 13.8 Å². The van der Waals surface area contributed by atoms with Gasteiger partial charge in [0, 0.05) is 37.3 Å². The molecule has 0 spiro atoms. The largest absolute Gasteiger partial charge is 0.452 e. The van der Waals surface area contributed by atoms with Gasteiger partial charge in [-0.25, -0.2) is 4.79 Å². The molecule has 4 rings (SSSR count). The van der Waals surface area contributed by atoms with E-state index in [9.17, 15) is 19.2 Å². The standard InChI is InChI=1S/C27H26N2O5S/c1-18-9-10-19(2)22(16-18)25(31)20-6-3-4-7-21(20)27(33)34-17-24(30)28-11-13-29(14-12-28)26(32)23-8-5-15-35-23/h3-10,15-16H,11-14,17H2,1-2H3. The van der Waals surface area contributed by atoms with Gasteiger partial charge >= 0.3 is 5.97 Å². The summed E-state index contributed by atoms with van der Waals surface area (Å²) in [5.41, 5.74) is 2.64. The summed E-state index contributed by atoms with van der Waals surface area (Å²) in [6, 6.07) is 15.7. The summed E-state index contributed by atoms with van der Waals surface area (Å²) in [5.74, 6) is -1.36. The van der Waals surface area contributed by atoms with Crippen LogP contribution in [-0.4, -0.2) is 66.2 Å². The zero-order chi connectivity index (χ0) is 24.9. The average molecular weight is 491 g/mol. The van der Waals surface area contributed by atoms with Crippen molar-refractivity contribution in [1.82, 2.24) is 9.80 Å². The summed E-state index contributed by atoms with van der Waals surface area (Å²) >= 11 is 1.39. The van der Waals surface area contributed by atoms with Crippen molar-refractivity contribution in [3.8, 4) is 0 Å². The van der Waals surface area contributed by atoms with Crippen molar-refractivity contribution in [1.29, 1.82) is 0 Å². The van der Waals surface area contributed by atoms with Crippen molar-refractivity contribution >= 4 is 34.9 Å². The summed E-state index contributed by atoms with van der Waals surface area (Å²) in [5, 5.41) is 1.86. The Morgan fingerprint density at radius 2 is 1.51 bits per heavy atom. The van der Waals surface area contributed by atoms with Crippen molar-refractivity contribution in [2.24, 2.45) is 0 Å². The van der Waals surface area contributed by atoms with Gasteiger partial charge in [0.15, 0.2) is 12.4 Å². The molecule has 1 aliphatic heterocycles. The van der Waals surface area contributed by atoms with Crippen LogP contribution in [0.4, 0.5) is 0 Å². The van der Waals surface area contributed by atoms with E-state index in [1.165, 1.54) is 17.4 Å². The van der Waals surface area contributed by atoms with Crippen LogP contribution in [0.3, 0.4) is 0 Å². The molecule has 0 saturated carbocycles. The lowest BCUT2D eigenvalue weighted by Crippen LogP contribution is -2.51. The monoisotopic (exact) mass is 490 g/mol. The Kier molecular flexibility index (Phi) is 7.41. The van der Waals surface area contributed by atoms with Gasteiger partial charge in [-0.05, 0) is 43.0 Å². The van der Waals surface area contributed by atoms with Crippen LogP contribution >= 0.6 is 11.3 Å². The van der Waals surface area contributed by atoms with Crippen molar-refractivity contribution in [2.45, 2.75) is 13.8 Å². The van der Waals surface area contributed by atoms with Crippen LogP contribution in [-0.2, 0) is 9.53 Å². The SMILES string of the molecule is Cc1ccc(C)c(C(=O)c2ccccc2C(=O)OCC(=O)N2CCN(C(=O)c3cccs3)CC2)c1. The number of hydrogen-bond acceptors (Lipinski definition) is 6. The number of ether oxygens (including phenoxy) is 1. The number of carbonyl (C=O) groups excluding carboxylic acids is 4. The van der Waals surface area contributed by atoms with Crippen LogP contribution < -0.4 is 0 Å². The summed E-state index contributed by atoms with van der Waals surface area (Å²) in [7, 11) is 0. The molecule has 2 amide bonds. The first kappa shape index (κ1) is 24.3. The molecule has 0 bridgehead atoms. The van der Waals surface area contributed by atoms with Crippen molar-refractivity contribution in [2.75, 3.05) is 32.8 Å². The molecule has 1 aliphatic rings. The van der Waals surface area contributed by atoms with Crippen LogP contribution in [0.25, 0.3) is 0 Å². The van der Waals surface area contributed by atoms with E-state index >= 15 is 0 Å². The zero-order valence-corrected chi connectivity index (χ0v) is 20.5. The fourth-order valence-corrected chi connectivity index (χ4v) is 4.69. The molecular weight excluding hydrogens is 464 g/mol. The number of rotatable bonds is 6. The first-order chi connectivity index (χ1) is 16.8. The molecule has 1 saturated heterocycles. The molecule has 2 aromatic carbocycles. The number of amides is 2. The maximum atomic E-state index is 13.2. The number of carbonyl (C=O) groups is 4. The van der Waals surface area contributed by atoms with Crippen LogP contribution in [0.2, 0.25) is 0 Å². The van der Waals surface area contributed by atoms with Crippen LogP contribution in [0.5, 0.6) is 0 Å². The lowest BCUT2D eigenvalue weighted by atomic mass is 9.94. The molecule has 180 valence electrons. The third-order valence-electron chi connectivity index (χ3n) is 6.01. The Morgan fingerprint density at radius 3 is 2.20 bits per heavy atom. The average Bonchev–Trinajstić information content (AvgIpc) is 3.43. The van der Waals surface area contributed by atoms with E-state index in [0.29, 0.717) is 36.6 Å². The first-order valence-corrected chi connectivity index (χ1v) is 12.2. The highest BCUT2D eigenvalue weighted by atomic mass is 32.1. The number of aryl methyl sites for hydroxylation is 2. The zero-order valence-electron chi connectivity index (χ0n) is 19.7. The van der Waals surface area contributed by atoms with E-state index in [1.54, 1.807) is 40.1 Å². The molecule has 35 heavy (non-hydrogen) atoms. The molecule has 0 N–H and O–H groups in total. The van der Waals surface area contributed by atoms with Gasteiger partial charge in [0.25, 0.3) is 11.8 Å². The molecule has 0 atom stereocenters. The normalized spacial score (nSPS) is 13.4. The van der Waals surface area contributed by atoms with Gasteiger partial charge in [-0.3, -0.25) is 14.4 Å². The van der Waals surface area contributed by atoms with Gasteiger partial charge < -0.3 is 14.5 Å². The third kappa shape index (κ3) is 5.49. The Hall–Kier alpha value is -3.78. The minimum atomic E-state index is -0.723. The molecule has 1 fully saturated rings. The summed E-state index contributed by atoms with van der Waals surface area (Å²) in [6.45, 7) is 4.90. The molecular formula is C27H26N2O5S. The molecule has 0 unspecified atom stereocenters. The third-order valence-corrected chi connectivity index (χ3v) is 6.87. The summed E-state index contributed by atoms with van der Waals surface area (Å²) in [6.07, 6.45) is 0. The smallest absolute Gasteiger partial charge is 0.339 e. The van der Waals surface area contributed by atoms with Gasteiger partial charge in [0.1, 0.15) is 0 Å². The predicted molar refractivity (Wildman–Crippen MR) is 133 cm³/mol. The number of benzene rings is 2. The molecule has 0 aliphatic carbocycles. The number of esters is 1. The number of nitrogens with zero attached hydrogens (tertiary/aromatic N) is 2. The quantitative estimate of drug-likeness (QED) is 0.388. The molecule has 0 radical (unpaired) electrons. The fraction of sp³-hybridized carbons (Fsp3) is 0.259. The van der Waals surface area contributed by atoms with Gasteiger partial charge in [-0.15, -0.1) is 11.3 Å². The molecule has 7 nitrogen and oxygen atoms in total. The summed E-state index contributed by atoms with van der Waals surface area (Å²) < 4.78 is 5.30. The molecule has 1 aromatic heterocycles. The van der Waals surface area contributed by atoms with Gasteiger partial charge in [-0.1, -0.05) is 42.0 Å². The Bertz CT molecular complexity index is 1260. The van der Waals surface area contributed by atoms with E-state index in [1.807, 2.05) is 37.4 Å². The van der Waals surface area contributed by atoms with Crippen LogP contribution in [0.15, 0.2) is 60.0 Å². The Labute approximate surface area is 207 Å². The number of hydrogen-bond donors (Lipinski definition) is 0. The highest BCUT2D eigenvalue weighted by molar-refractivity contribution is 7.12. The van der Waals surface area contributed by atoms with Crippen LogP contribution in [0.1, 0.15) is 47.1 Å². The minimum absolute atomic E-state index is 0.0383. The molecule has 2 heterocycles. The second-order valence-corrected chi connectivity index (χ2v) is 9.37. The van der Waals surface area contributed by atoms with E-state index in [4.69, 9.17) is 4.74 Å². The second-order valence-electron chi connectivity index (χ2n) is 8.42. The number of thiophene rings is 1. The molecule has 3 aromatic rings. The van der Waals surface area contributed by atoms with E-state index in [0.717, 1.165) is 11.1 Å². The summed E-state index contributed by atoms with van der Waals surface area (Å²) in [4.78, 5) is 55.1. The maximum absolute atomic E-state index is 13.2. The van der Waals surface area contributed by atoms with Crippen molar-refractivity contribution < 1.29 is 23.9 Å². The predicted octanol–water partition coefficient (Wildman–Crippen LogP) is 3.74. The Morgan fingerprint density at radius 1 is 0.829 bits per heavy atom. The van der Waals surface area contributed by atoms with E-state index in [2.05, 4.69) is 0 Å². The topological polar surface area (TPSA) is 84.0 Å². The number of ketones is 1. The fourth-order valence-electron chi connectivity index (χ4n) is 4.00. The van der Waals surface area contributed by atoms with Gasteiger partial charge in [-0.2, -0.15) is 0 Å². The van der Waals surface area contributed by atoms with Crippen molar-refractivity contribution in [3.63, 3.8) is 0 Å². The highest BCUT2D eigenvalue weighted by Gasteiger charge is 2.27. The first-order valence-electron chi connectivity index (χ1n) is 11.3. The van der Waals surface area contributed by atoms with Crippen molar-refractivity contribution in [3.05, 3.63) is 92.7 Å².